The fraction of sp³-hybridized carbons (Fsp3) is 0. The maximum atomic E-state index is 4.60. The SMILES string of the molecule is C(=NN(c1ccccc1)c1ccccc1)c1cc[nH]c1. The summed E-state index contributed by atoms with van der Waals surface area (Å²) in [6.45, 7) is 0. The lowest BCUT2D eigenvalue weighted by molar-refractivity contribution is 1.09. The number of nitrogens with zero attached hydrogens (tertiary/aromatic N) is 2. The van der Waals surface area contributed by atoms with Gasteiger partial charge in [-0.3, -0.25) is 0 Å². The van der Waals surface area contributed by atoms with Crippen molar-refractivity contribution in [2.75, 3.05) is 5.01 Å². The van der Waals surface area contributed by atoms with Gasteiger partial charge >= 0.3 is 0 Å². The van der Waals surface area contributed by atoms with Gasteiger partial charge in [0.15, 0.2) is 0 Å². The third-order valence-electron chi connectivity index (χ3n) is 2.95. The summed E-state index contributed by atoms with van der Waals surface area (Å²) in [5.74, 6) is 0. The molecule has 2 aromatic carbocycles. The van der Waals surface area contributed by atoms with Crippen LogP contribution in [0.3, 0.4) is 0 Å². The Morgan fingerprint density at radius 2 is 1.40 bits per heavy atom. The summed E-state index contributed by atoms with van der Waals surface area (Å²) in [6, 6.07) is 22.2. The molecule has 1 N–H and O–H groups in total. The molecule has 0 spiro atoms. The summed E-state index contributed by atoms with van der Waals surface area (Å²) in [5, 5.41) is 6.52. The normalized spacial score (nSPS) is 10.8. The topological polar surface area (TPSA) is 31.4 Å². The van der Waals surface area contributed by atoms with Crippen molar-refractivity contribution in [3.05, 3.63) is 84.7 Å². The monoisotopic (exact) mass is 261 g/mol. The Morgan fingerprint density at radius 3 is 1.90 bits per heavy atom. The van der Waals surface area contributed by atoms with Crippen LogP contribution in [0.25, 0.3) is 0 Å². The standard InChI is InChI=1S/C17H15N3/c1-3-7-16(8-4-1)20(17-9-5-2-6-10-17)19-14-15-11-12-18-13-15/h1-14,18H. The summed E-state index contributed by atoms with van der Waals surface area (Å²) >= 11 is 0. The van der Waals surface area contributed by atoms with E-state index in [4.69, 9.17) is 0 Å². The average molecular weight is 261 g/mol. The van der Waals surface area contributed by atoms with E-state index in [9.17, 15) is 0 Å². The molecule has 3 nitrogen and oxygen atoms in total. The van der Waals surface area contributed by atoms with Gasteiger partial charge in [-0.1, -0.05) is 36.4 Å². The smallest absolute Gasteiger partial charge is 0.0652 e. The molecule has 0 bridgehead atoms. The van der Waals surface area contributed by atoms with Crippen LogP contribution >= 0.6 is 0 Å². The van der Waals surface area contributed by atoms with Gasteiger partial charge < -0.3 is 4.98 Å². The van der Waals surface area contributed by atoms with E-state index in [1.54, 1.807) is 0 Å². The minimum absolute atomic E-state index is 1.03. The number of anilines is 2. The van der Waals surface area contributed by atoms with Crippen molar-refractivity contribution in [2.24, 2.45) is 5.10 Å². The highest BCUT2D eigenvalue weighted by atomic mass is 15.5. The molecule has 0 unspecified atom stereocenters. The summed E-state index contributed by atoms with van der Waals surface area (Å²) in [4.78, 5) is 3.02. The zero-order valence-corrected chi connectivity index (χ0v) is 11.0. The first-order valence-electron chi connectivity index (χ1n) is 6.50. The van der Waals surface area contributed by atoms with Gasteiger partial charge in [-0.15, -0.1) is 0 Å². The van der Waals surface area contributed by atoms with E-state index in [1.165, 1.54) is 0 Å². The Bertz CT molecular complexity index is 618. The van der Waals surface area contributed by atoms with Gasteiger partial charge in [0.2, 0.25) is 0 Å². The molecule has 0 saturated carbocycles. The summed E-state index contributed by atoms with van der Waals surface area (Å²) < 4.78 is 0. The predicted octanol–water partition coefficient (Wildman–Crippen LogP) is 4.19. The van der Waals surface area contributed by atoms with Crippen molar-refractivity contribution in [3.63, 3.8) is 0 Å². The van der Waals surface area contributed by atoms with Gasteiger partial charge in [0, 0.05) is 18.0 Å². The van der Waals surface area contributed by atoms with E-state index in [-0.39, 0.29) is 0 Å². The van der Waals surface area contributed by atoms with E-state index in [1.807, 2.05) is 90.3 Å². The number of aromatic amines is 1. The van der Waals surface area contributed by atoms with Crippen LogP contribution in [0, 0.1) is 0 Å². The fourth-order valence-electron chi connectivity index (χ4n) is 1.96. The highest BCUT2D eigenvalue weighted by Crippen LogP contribution is 2.24. The van der Waals surface area contributed by atoms with Gasteiger partial charge in [0.05, 0.1) is 17.6 Å². The number of para-hydroxylation sites is 2. The number of H-pyrrole nitrogens is 1. The second-order valence-corrected chi connectivity index (χ2v) is 4.37. The highest BCUT2D eigenvalue weighted by Gasteiger charge is 2.06. The lowest BCUT2D eigenvalue weighted by Crippen LogP contribution is -2.08. The van der Waals surface area contributed by atoms with E-state index < -0.39 is 0 Å². The van der Waals surface area contributed by atoms with Gasteiger partial charge in [-0.25, -0.2) is 5.01 Å². The highest BCUT2D eigenvalue weighted by molar-refractivity contribution is 5.81. The largest absolute Gasteiger partial charge is 0.367 e. The molecule has 0 atom stereocenters. The van der Waals surface area contributed by atoms with Crippen LogP contribution in [0.15, 0.2) is 84.2 Å². The zero-order chi connectivity index (χ0) is 13.6. The molecule has 3 heteroatoms. The molecule has 1 heterocycles. The van der Waals surface area contributed by atoms with Gasteiger partial charge in [0.25, 0.3) is 0 Å². The molecular weight excluding hydrogens is 246 g/mol. The maximum Gasteiger partial charge on any atom is 0.0652 e. The Morgan fingerprint density at radius 1 is 0.800 bits per heavy atom. The number of hydrogen-bond acceptors (Lipinski definition) is 2. The Balaban J connectivity index is 1.96. The Kier molecular flexibility index (Phi) is 3.60. The lowest BCUT2D eigenvalue weighted by Gasteiger charge is -2.18. The molecule has 0 amide bonds. The fourth-order valence-corrected chi connectivity index (χ4v) is 1.96. The second-order valence-electron chi connectivity index (χ2n) is 4.37. The van der Waals surface area contributed by atoms with E-state index in [0.717, 1.165) is 16.9 Å². The first-order valence-corrected chi connectivity index (χ1v) is 6.50. The van der Waals surface area contributed by atoms with Crippen molar-refractivity contribution in [1.82, 2.24) is 4.98 Å². The van der Waals surface area contributed by atoms with Crippen LogP contribution in [0.5, 0.6) is 0 Å². The molecule has 3 aromatic rings. The summed E-state index contributed by atoms with van der Waals surface area (Å²) in [6.07, 6.45) is 5.64. The number of hydrogen-bond donors (Lipinski definition) is 1. The molecule has 3 rings (SSSR count). The Hall–Kier alpha value is -2.81. The number of aromatic nitrogens is 1. The van der Waals surface area contributed by atoms with Gasteiger partial charge in [-0.2, -0.15) is 5.10 Å². The van der Waals surface area contributed by atoms with Gasteiger partial charge in [-0.05, 0) is 30.3 Å². The third-order valence-corrected chi connectivity index (χ3v) is 2.95. The molecule has 0 aliphatic carbocycles. The minimum atomic E-state index is 1.03. The molecular formula is C17H15N3. The molecule has 98 valence electrons. The molecule has 1 aromatic heterocycles. The predicted molar refractivity (Wildman–Crippen MR) is 83.4 cm³/mol. The number of rotatable bonds is 4. The summed E-state index contributed by atoms with van der Waals surface area (Å²) in [5.41, 5.74) is 3.11. The number of hydrazone groups is 1. The average Bonchev–Trinajstić information content (AvgIpc) is 3.03. The Labute approximate surface area is 118 Å². The lowest BCUT2D eigenvalue weighted by atomic mass is 10.2. The van der Waals surface area contributed by atoms with Crippen molar-refractivity contribution in [1.29, 1.82) is 0 Å². The van der Waals surface area contributed by atoms with Crippen LogP contribution < -0.4 is 5.01 Å². The molecule has 0 saturated heterocycles. The first kappa shape index (κ1) is 12.2. The first-order chi connectivity index (χ1) is 9.93. The van der Waals surface area contributed by atoms with Gasteiger partial charge in [0.1, 0.15) is 0 Å². The van der Waals surface area contributed by atoms with E-state index in [2.05, 4.69) is 10.1 Å². The zero-order valence-electron chi connectivity index (χ0n) is 11.0. The molecule has 0 fully saturated rings. The third kappa shape index (κ3) is 2.78. The molecule has 0 aliphatic heterocycles. The van der Waals surface area contributed by atoms with Crippen molar-refractivity contribution >= 4 is 17.6 Å². The van der Waals surface area contributed by atoms with Crippen molar-refractivity contribution < 1.29 is 0 Å². The van der Waals surface area contributed by atoms with E-state index >= 15 is 0 Å². The van der Waals surface area contributed by atoms with E-state index in [0.29, 0.717) is 0 Å². The van der Waals surface area contributed by atoms with Crippen molar-refractivity contribution in [2.45, 2.75) is 0 Å². The van der Waals surface area contributed by atoms with Crippen LogP contribution in [0.4, 0.5) is 11.4 Å². The molecule has 0 aliphatic rings. The van der Waals surface area contributed by atoms with Crippen molar-refractivity contribution in [3.8, 4) is 0 Å². The summed E-state index contributed by atoms with van der Waals surface area (Å²) in [7, 11) is 0. The van der Waals surface area contributed by atoms with Crippen LogP contribution in [-0.4, -0.2) is 11.2 Å². The number of benzene rings is 2. The molecule has 0 radical (unpaired) electrons. The molecule has 20 heavy (non-hydrogen) atoms. The van der Waals surface area contributed by atoms with Crippen LogP contribution in [-0.2, 0) is 0 Å². The number of nitrogens with one attached hydrogen (secondary N) is 1. The van der Waals surface area contributed by atoms with Crippen LogP contribution in [0.2, 0.25) is 0 Å². The maximum absolute atomic E-state index is 4.60. The quantitative estimate of drug-likeness (QED) is 0.554. The second kappa shape index (κ2) is 5.89. The minimum Gasteiger partial charge on any atom is -0.367 e. The van der Waals surface area contributed by atoms with Crippen LogP contribution in [0.1, 0.15) is 5.56 Å².